The maximum absolute atomic E-state index is 13.7. The van der Waals surface area contributed by atoms with Crippen molar-refractivity contribution in [2.24, 2.45) is 0 Å². The summed E-state index contributed by atoms with van der Waals surface area (Å²) in [7, 11) is 0. The molecular weight excluding hydrogens is 319 g/mol. The maximum Gasteiger partial charge on any atom is 0.138 e. The molecule has 0 aliphatic carbocycles. The van der Waals surface area contributed by atoms with Crippen LogP contribution in [0.5, 0.6) is 0 Å². The monoisotopic (exact) mass is 334 g/mol. The highest BCUT2D eigenvalue weighted by Gasteiger charge is 2.32. The van der Waals surface area contributed by atoms with E-state index in [-0.39, 0.29) is 11.9 Å². The quantitative estimate of drug-likeness (QED) is 0.829. The van der Waals surface area contributed by atoms with Gasteiger partial charge in [0.15, 0.2) is 0 Å². The molecular formula is C16H16BrFN2. The predicted octanol–water partition coefficient (Wildman–Crippen LogP) is 4.15. The molecule has 1 N–H and O–H groups in total. The van der Waals surface area contributed by atoms with Crippen molar-refractivity contribution < 1.29 is 4.39 Å². The Balaban J connectivity index is 1.90. The summed E-state index contributed by atoms with van der Waals surface area (Å²) in [5.41, 5.74) is 4.80. The molecule has 20 heavy (non-hydrogen) atoms. The van der Waals surface area contributed by atoms with E-state index in [1.807, 2.05) is 6.07 Å². The third kappa shape index (κ3) is 2.08. The standard InChI is InChI=1S/C16H16BrFN2/c1-9-4-5-16(10(2)19-9)20-8-12-6-14(17)15(18)7-13(12)11(20)3/h6-7,16,19H,1-5,8H2. The second kappa shape index (κ2) is 4.77. The molecule has 2 aliphatic rings. The Labute approximate surface area is 126 Å². The second-order valence-corrected chi connectivity index (χ2v) is 6.16. The van der Waals surface area contributed by atoms with Crippen molar-refractivity contribution >= 4 is 21.6 Å². The molecule has 0 radical (unpaired) electrons. The molecule has 1 aromatic carbocycles. The van der Waals surface area contributed by atoms with Crippen molar-refractivity contribution in [3.63, 3.8) is 0 Å². The number of rotatable bonds is 1. The molecule has 2 aliphatic heterocycles. The Hall–Kier alpha value is -1.55. The molecule has 0 aromatic heterocycles. The van der Waals surface area contributed by atoms with E-state index >= 15 is 0 Å². The lowest BCUT2D eigenvalue weighted by molar-refractivity contribution is 0.297. The molecule has 0 bridgehead atoms. The van der Waals surface area contributed by atoms with Crippen LogP contribution in [0, 0.1) is 5.82 Å². The Morgan fingerprint density at radius 3 is 2.75 bits per heavy atom. The fourth-order valence-corrected chi connectivity index (χ4v) is 3.31. The van der Waals surface area contributed by atoms with E-state index in [9.17, 15) is 4.39 Å². The topological polar surface area (TPSA) is 15.3 Å². The van der Waals surface area contributed by atoms with Gasteiger partial charge in [0.2, 0.25) is 0 Å². The highest BCUT2D eigenvalue weighted by molar-refractivity contribution is 9.10. The molecule has 0 saturated carbocycles. The summed E-state index contributed by atoms with van der Waals surface area (Å²) in [6, 6.07) is 3.58. The number of nitrogens with zero attached hydrogens (tertiary/aromatic N) is 1. The Morgan fingerprint density at radius 1 is 1.30 bits per heavy atom. The highest BCUT2D eigenvalue weighted by Crippen LogP contribution is 2.38. The summed E-state index contributed by atoms with van der Waals surface area (Å²) in [6.45, 7) is 12.9. The molecule has 4 heteroatoms. The molecule has 104 valence electrons. The van der Waals surface area contributed by atoms with E-state index in [4.69, 9.17) is 0 Å². The zero-order chi connectivity index (χ0) is 14.4. The van der Waals surface area contributed by atoms with Crippen LogP contribution < -0.4 is 5.32 Å². The van der Waals surface area contributed by atoms with E-state index in [2.05, 4.69) is 45.9 Å². The minimum absolute atomic E-state index is 0.183. The first-order valence-corrected chi connectivity index (χ1v) is 7.34. The van der Waals surface area contributed by atoms with Crippen molar-refractivity contribution in [3.05, 3.63) is 64.7 Å². The zero-order valence-electron chi connectivity index (χ0n) is 11.2. The van der Waals surface area contributed by atoms with Crippen molar-refractivity contribution in [2.45, 2.75) is 25.4 Å². The van der Waals surface area contributed by atoms with Gasteiger partial charge in [-0.15, -0.1) is 0 Å². The summed E-state index contributed by atoms with van der Waals surface area (Å²) in [6.07, 6.45) is 1.88. The summed E-state index contributed by atoms with van der Waals surface area (Å²) < 4.78 is 14.2. The molecule has 1 fully saturated rings. The fourth-order valence-electron chi connectivity index (χ4n) is 2.92. The number of hydrogen-bond acceptors (Lipinski definition) is 2. The first-order valence-electron chi connectivity index (χ1n) is 6.55. The van der Waals surface area contributed by atoms with Crippen LogP contribution in [0.3, 0.4) is 0 Å². The van der Waals surface area contributed by atoms with E-state index in [0.717, 1.165) is 47.6 Å². The summed E-state index contributed by atoms with van der Waals surface area (Å²) >= 11 is 3.24. The molecule has 1 unspecified atom stereocenters. The minimum atomic E-state index is -0.249. The van der Waals surface area contributed by atoms with Crippen LogP contribution in [-0.4, -0.2) is 10.9 Å². The molecule has 0 amide bonds. The molecule has 1 aromatic rings. The highest BCUT2D eigenvalue weighted by atomic mass is 79.9. The number of fused-ring (bicyclic) bond motifs is 1. The lowest BCUT2D eigenvalue weighted by Crippen LogP contribution is -2.39. The summed E-state index contributed by atoms with van der Waals surface area (Å²) in [4.78, 5) is 2.19. The Bertz CT molecular complexity index is 636. The van der Waals surface area contributed by atoms with Gasteiger partial charge < -0.3 is 10.2 Å². The predicted molar refractivity (Wildman–Crippen MR) is 83.1 cm³/mol. The van der Waals surface area contributed by atoms with Crippen LogP contribution in [0.15, 0.2) is 47.7 Å². The van der Waals surface area contributed by atoms with Gasteiger partial charge in [-0.1, -0.05) is 19.7 Å². The molecule has 1 atom stereocenters. The number of piperidine rings is 1. The average Bonchev–Trinajstić information content (AvgIpc) is 2.68. The van der Waals surface area contributed by atoms with Crippen molar-refractivity contribution in [3.8, 4) is 0 Å². The molecule has 3 rings (SSSR count). The van der Waals surface area contributed by atoms with E-state index < -0.39 is 0 Å². The van der Waals surface area contributed by atoms with Crippen LogP contribution >= 0.6 is 15.9 Å². The van der Waals surface area contributed by atoms with Crippen LogP contribution in [0.2, 0.25) is 0 Å². The molecule has 2 heterocycles. The summed E-state index contributed by atoms with van der Waals surface area (Å²) in [5, 5.41) is 3.22. The minimum Gasteiger partial charge on any atom is -0.362 e. The average molecular weight is 335 g/mol. The normalized spacial score (nSPS) is 22.0. The number of allylic oxidation sites excluding steroid dienone is 1. The molecule has 2 nitrogen and oxygen atoms in total. The van der Waals surface area contributed by atoms with E-state index in [0.29, 0.717) is 4.47 Å². The lowest BCUT2D eigenvalue weighted by atomic mass is 10.0. The number of benzene rings is 1. The molecule has 1 saturated heterocycles. The van der Waals surface area contributed by atoms with E-state index in [1.54, 1.807) is 6.07 Å². The fraction of sp³-hybridized carbons (Fsp3) is 0.250. The van der Waals surface area contributed by atoms with Gasteiger partial charge in [0, 0.05) is 29.2 Å². The number of nitrogens with one attached hydrogen (secondary N) is 1. The maximum atomic E-state index is 13.7. The second-order valence-electron chi connectivity index (χ2n) is 5.31. The van der Waals surface area contributed by atoms with Gasteiger partial charge in [-0.2, -0.15) is 0 Å². The van der Waals surface area contributed by atoms with Gasteiger partial charge >= 0.3 is 0 Å². The third-order valence-electron chi connectivity index (χ3n) is 3.98. The number of halogens is 2. The lowest BCUT2D eigenvalue weighted by Gasteiger charge is -2.36. The van der Waals surface area contributed by atoms with Crippen LogP contribution in [-0.2, 0) is 6.54 Å². The van der Waals surface area contributed by atoms with Crippen LogP contribution in [0.4, 0.5) is 4.39 Å². The Kier molecular flexibility index (Phi) is 3.21. The van der Waals surface area contributed by atoms with Crippen molar-refractivity contribution in [2.75, 3.05) is 0 Å². The summed E-state index contributed by atoms with van der Waals surface area (Å²) in [5.74, 6) is -0.249. The first kappa shape index (κ1) is 13.4. The first-order chi connectivity index (χ1) is 9.47. The SMILES string of the molecule is C=C1CCC(N2Cc3cc(Br)c(F)cc3C2=C)C(=C)N1. The van der Waals surface area contributed by atoms with Gasteiger partial charge in [-0.25, -0.2) is 4.39 Å². The van der Waals surface area contributed by atoms with Crippen LogP contribution in [0.1, 0.15) is 24.0 Å². The molecule has 0 spiro atoms. The third-order valence-corrected chi connectivity index (χ3v) is 4.59. The van der Waals surface area contributed by atoms with Gasteiger partial charge in [0.25, 0.3) is 0 Å². The van der Waals surface area contributed by atoms with E-state index in [1.165, 1.54) is 0 Å². The Morgan fingerprint density at radius 2 is 2.05 bits per heavy atom. The number of hydrogen-bond donors (Lipinski definition) is 1. The van der Waals surface area contributed by atoms with Gasteiger partial charge in [-0.05, 0) is 46.5 Å². The van der Waals surface area contributed by atoms with Gasteiger partial charge in [-0.3, -0.25) is 0 Å². The van der Waals surface area contributed by atoms with Crippen molar-refractivity contribution in [1.82, 2.24) is 10.2 Å². The largest absolute Gasteiger partial charge is 0.362 e. The van der Waals surface area contributed by atoms with Gasteiger partial charge in [0.05, 0.1) is 10.5 Å². The zero-order valence-corrected chi connectivity index (χ0v) is 12.8. The van der Waals surface area contributed by atoms with Crippen molar-refractivity contribution in [1.29, 1.82) is 0 Å². The van der Waals surface area contributed by atoms with Gasteiger partial charge in [0.1, 0.15) is 5.82 Å². The van der Waals surface area contributed by atoms with Crippen LogP contribution in [0.25, 0.3) is 5.70 Å². The smallest absolute Gasteiger partial charge is 0.138 e.